The first kappa shape index (κ1) is 14.4. The van der Waals surface area contributed by atoms with Crippen molar-refractivity contribution in [2.45, 2.75) is 37.7 Å². The lowest BCUT2D eigenvalue weighted by Gasteiger charge is -2.19. The van der Waals surface area contributed by atoms with E-state index < -0.39 is 5.60 Å². The average molecular weight is 273 g/mol. The van der Waals surface area contributed by atoms with Gasteiger partial charge in [-0.2, -0.15) is 0 Å². The number of rotatable bonds is 4. The summed E-state index contributed by atoms with van der Waals surface area (Å²) in [4.78, 5) is 12.5. The van der Waals surface area contributed by atoms with Crippen LogP contribution in [0.15, 0.2) is 29.2 Å². The van der Waals surface area contributed by atoms with Crippen molar-refractivity contribution < 1.29 is 9.53 Å². The Morgan fingerprint density at radius 3 is 2.71 bits per heavy atom. The topological polar surface area (TPSA) is 26.3 Å². The first-order valence-corrected chi connectivity index (χ1v) is 6.83. The van der Waals surface area contributed by atoms with E-state index in [1.54, 1.807) is 11.8 Å². The lowest BCUT2D eigenvalue weighted by atomic mass is 10.2. The second kappa shape index (κ2) is 6.31. The van der Waals surface area contributed by atoms with Crippen LogP contribution in [0.25, 0.3) is 0 Å². The van der Waals surface area contributed by atoms with Gasteiger partial charge < -0.3 is 4.74 Å². The summed E-state index contributed by atoms with van der Waals surface area (Å²) in [6.45, 7) is 5.61. The predicted octanol–water partition coefficient (Wildman–Crippen LogP) is 4.16. The fourth-order valence-corrected chi connectivity index (χ4v) is 2.35. The molecule has 0 fully saturated rings. The fourth-order valence-electron chi connectivity index (χ4n) is 1.20. The molecule has 0 N–H and O–H groups in total. The zero-order valence-electron chi connectivity index (χ0n) is 10.3. The molecule has 0 saturated carbocycles. The summed E-state index contributed by atoms with van der Waals surface area (Å²) in [5, 5.41) is 0.715. The fraction of sp³-hybridized carbons (Fsp3) is 0.462. The van der Waals surface area contributed by atoms with Crippen molar-refractivity contribution in [2.75, 3.05) is 5.75 Å². The molecule has 0 aliphatic carbocycles. The van der Waals surface area contributed by atoms with Gasteiger partial charge in [-0.25, -0.2) is 0 Å². The van der Waals surface area contributed by atoms with Crippen LogP contribution in [0.1, 0.15) is 27.2 Å². The highest BCUT2D eigenvalue weighted by atomic mass is 35.5. The normalized spacial score (nSPS) is 11.3. The van der Waals surface area contributed by atoms with Crippen molar-refractivity contribution in [3.05, 3.63) is 29.3 Å². The maximum absolute atomic E-state index is 11.5. The Balaban J connectivity index is 2.31. The van der Waals surface area contributed by atoms with E-state index in [1.807, 2.05) is 45.0 Å². The summed E-state index contributed by atoms with van der Waals surface area (Å²) in [6.07, 6.45) is 0.411. The van der Waals surface area contributed by atoms with E-state index in [4.69, 9.17) is 16.3 Å². The first-order valence-electron chi connectivity index (χ1n) is 5.47. The van der Waals surface area contributed by atoms with E-state index in [0.29, 0.717) is 17.2 Å². The summed E-state index contributed by atoms with van der Waals surface area (Å²) in [7, 11) is 0. The van der Waals surface area contributed by atoms with Gasteiger partial charge in [0.25, 0.3) is 0 Å². The number of ether oxygens (including phenoxy) is 1. The third kappa shape index (κ3) is 6.59. The molecular formula is C13H17ClO2S. The largest absolute Gasteiger partial charge is 0.460 e. The Hall–Kier alpha value is -0.670. The third-order valence-electron chi connectivity index (χ3n) is 1.79. The molecule has 0 saturated heterocycles. The van der Waals surface area contributed by atoms with E-state index in [1.165, 1.54) is 0 Å². The number of thioether (sulfide) groups is 1. The molecule has 0 amide bonds. The van der Waals surface area contributed by atoms with Crippen molar-refractivity contribution in [2.24, 2.45) is 0 Å². The van der Waals surface area contributed by atoms with Crippen LogP contribution >= 0.6 is 23.4 Å². The third-order valence-corrected chi connectivity index (χ3v) is 3.02. The van der Waals surface area contributed by atoms with Gasteiger partial charge in [0.15, 0.2) is 0 Å². The zero-order valence-corrected chi connectivity index (χ0v) is 11.9. The van der Waals surface area contributed by atoms with Crippen LogP contribution in [0, 0.1) is 0 Å². The minimum absolute atomic E-state index is 0.160. The lowest BCUT2D eigenvalue weighted by Crippen LogP contribution is -2.23. The molecule has 0 unspecified atom stereocenters. The van der Waals surface area contributed by atoms with Gasteiger partial charge in [-0.05, 0) is 39.0 Å². The van der Waals surface area contributed by atoms with Gasteiger partial charge in [0.05, 0.1) is 6.42 Å². The molecule has 1 aromatic rings. The highest BCUT2D eigenvalue weighted by Gasteiger charge is 2.15. The van der Waals surface area contributed by atoms with Crippen LogP contribution in [0.4, 0.5) is 0 Å². The quantitative estimate of drug-likeness (QED) is 0.608. The van der Waals surface area contributed by atoms with Crippen LogP contribution < -0.4 is 0 Å². The summed E-state index contributed by atoms with van der Waals surface area (Å²) in [6, 6.07) is 7.60. The molecule has 0 aliphatic heterocycles. The second-order valence-electron chi connectivity index (χ2n) is 4.64. The molecule has 0 heterocycles. The monoisotopic (exact) mass is 272 g/mol. The highest BCUT2D eigenvalue weighted by molar-refractivity contribution is 7.99. The molecule has 0 aromatic heterocycles. The minimum atomic E-state index is -0.405. The Kier molecular flexibility index (Phi) is 5.34. The van der Waals surface area contributed by atoms with Crippen LogP contribution in [0.5, 0.6) is 0 Å². The number of esters is 1. The Labute approximate surface area is 112 Å². The first-order chi connectivity index (χ1) is 7.87. The number of carbonyl (C=O) groups excluding carboxylic acids is 1. The maximum atomic E-state index is 11.5. The molecule has 0 radical (unpaired) electrons. The molecule has 1 rings (SSSR count). The van der Waals surface area contributed by atoms with Crippen LogP contribution in [0.3, 0.4) is 0 Å². The zero-order chi connectivity index (χ0) is 12.9. The van der Waals surface area contributed by atoms with Crippen molar-refractivity contribution in [1.82, 2.24) is 0 Å². The number of carbonyl (C=O) groups is 1. The molecule has 0 aliphatic rings. The van der Waals surface area contributed by atoms with Gasteiger partial charge in [-0.3, -0.25) is 4.79 Å². The van der Waals surface area contributed by atoms with Gasteiger partial charge >= 0.3 is 5.97 Å². The van der Waals surface area contributed by atoms with Crippen molar-refractivity contribution in [3.8, 4) is 0 Å². The summed E-state index contributed by atoms with van der Waals surface area (Å²) >= 11 is 7.47. The number of halogens is 1. The van der Waals surface area contributed by atoms with Crippen molar-refractivity contribution >= 4 is 29.3 Å². The Morgan fingerprint density at radius 2 is 2.12 bits per heavy atom. The lowest BCUT2D eigenvalue weighted by molar-refractivity contribution is -0.154. The van der Waals surface area contributed by atoms with Gasteiger partial charge in [0.1, 0.15) is 5.60 Å². The molecule has 0 atom stereocenters. The van der Waals surface area contributed by atoms with Crippen molar-refractivity contribution in [1.29, 1.82) is 0 Å². The van der Waals surface area contributed by atoms with Crippen LogP contribution in [-0.2, 0) is 9.53 Å². The summed E-state index contributed by atoms with van der Waals surface area (Å²) < 4.78 is 5.22. The molecule has 4 heteroatoms. The highest BCUT2D eigenvalue weighted by Crippen LogP contribution is 2.22. The standard InChI is InChI=1S/C13H17ClO2S/c1-13(2,3)16-12(15)7-8-17-11-6-4-5-10(14)9-11/h4-6,9H,7-8H2,1-3H3. The Morgan fingerprint density at radius 1 is 1.41 bits per heavy atom. The summed E-state index contributed by atoms with van der Waals surface area (Å²) in [5.41, 5.74) is -0.405. The van der Waals surface area contributed by atoms with E-state index >= 15 is 0 Å². The SMILES string of the molecule is CC(C)(C)OC(=O)CCSc1cccc(Cl)c1. The van der Waals surface area contributed by atoms with E-state index in [2.05, 4.69) is 0 Å². The van der Waals surface area contributed by atoms with Crippen LogP contribution in [0.2, 0.25) is 5.02 Å². The molecule has 1 aromatic carbocycles. The summed E-state index contributed by atoms with van der Waals surface area (Å²) in [5.74, 6) is 0.543. The van der Waals surface area contributed by atoms with Gasteiger partial charge in [0, 0.05) is 15.7 Å². The molecule has 17 heavy (non-hydrogen) atoms. The smallest absolute Gasteiger partial charge is 0.307 e. The van der Waals surface area contributed by atoms with E-state index in [-0.39, 0.29) is 5.97 Å². The van der Waals surface area contributed by atoms with Crippen LogP contribution in [-0.4, -0.2) is 17.3 Å². The van der Waals surface area contributed by atoms with E-state index in [9.17, 15) is 4.79 Å². The van der Waals surface area contributed by atoms with Gasteiger partial charge in [-0.1, -0.05) is 17.7 Å². The molecule has 2 nitrogen and oxygen atoms in total. The molecule has 94 valence electrons. The van der Waals surface area contributed by atoms with Gasteiger partial charge in [-0.15, -0.1) is 11.8 Å². The number of hydrogen-bond donors (Lipinski definition) is 0. The molecule has 0 bridgehead atoms. The van der Waals surface area contributed by atoms with E-state index in [0.717, 1.165) is 4.90 Å². The minimum Gasteiger partial charge on any atom is -0.460 e. The average Bonchev–Trinajstić information content (AvgIpc) is 2.14. The second-order valence-corrected chi connectivity index (χ2v) is 6.25. The Bertz CT molecular complexity index is 385. The maximum Gasteiger partial charge on any atom is 0.307 e. The molecule has 0 spiro atoms. The predicted molar refractivity (Wildman–Crippen MR) is 72.6 cm³/mol. The molecular weight excluding hydrogens is 256 g/mol. The van der Waals surface area contributed by atoms with Crippen molar-refractivity contribution in [3.63, 3.8) is 0 Å². The number of benzene rings is 1. The number of hydrogen-bond acceptors (Lipinski definition) is 3. The van der Waals surface area contributed by atoms with Gasteiger partial charge in [0.2, 0.25) is 0 Å².